The van der Waals surface area contributed by atoms with Gasteiger partial charge in [-0.25, -0.2) is 9.50 Å². The molecule has 0 N–H and O–H groups in total. The summed E-state index contributed by atoms with van der Waals surface area (Å²) < 4.78 is 6.99. The van der Waals surface area contributed by atoms with Gasteiger partial charge in [0.15, 0.2) is 5.65 Å². The fourth-order valence-electron chi connectivity index (χ4n) is 2.52. The van der Waals surface area contributed by atoms with Gasteiger partial charge in [0.25, 0.3) is 5.91 Å². The van der Waals surface area contributed by atoms with Crippen LogP contribution in [0.4, 0.5) is 0 Å². The van der Waals surface area contributed by atoms with Crippen LogP contribution in [0.2, 0.25) is 0 Å². The molecule has 1 aliphatic carbocycles. The fourth-order valence-corrected chi connectivity index (χ4v) is 2.52. The predicted octanol–water partition coefficient (Wildman–Crippen LogP) is 1.08. The number of aromatic nitrogens is 3. The van der Waals surface area contributed by atoms with Crippen molar-refractivity contribution in [3.63, 3.8) is 0 Å². The molecule has 3 heterocycles. The number of hydrogen-bond donors (Lipinski definition) is 0. The molecule has 2 aliphatic rings. The highest BCUT2D eigenvalue weighted by Gasteiger charge is 2.27. The summed E-state index contributed by atoms with van der Waals surface area (Å²) in [5.41, 5.74) is 2.37. The van der Waals surface area contributed by atoms with Crippen LogP contribution in [-0.2, 0) is 4.74 Å². The highest BCUT2D eigenvalue weighted by atomic mass is 16.5. The van der Waals surface area contributed by atoms with E-state index in [-0.39, 0.29) is 5.91 Å². The molecule has 1 aliphatic heterocycles. The third-order valence-corrected chi connectivity index (χ3v) is 3.85. The van der Waals surface area contributed by atoms with Gasteiger partial charge in [-0.05, 0) is 25.0 Å². The number of carbonyl (C=O) groups excluding carboxylic acids is 1. The van der Waals surface area contributed by atoms with E-state index in [9.17, 15) is 4.79 Å². The van der Waals surface area contributed by atoms with Crippen molar-refractivity contribution in [2.45, 2.75) is 18.8 Å². The van der Waals surface area contributed by atoms with Gasteiger partial charge in [0.1, 0.15) is 5.69 Å². The van der Waals surface area contributed by atoms with Gasteiger partial charge in [-0.15, -0.1) is 0 Å². The molecule has 6 heteroatoms. The number of nitrogens with zero attached hydrogens (tertiary/aromatic N) is 4. The van der Waals surface area contributed by atoms with Crippen molar-refractivity contribution in [3.05, 3.63) is 29.7 Å². The van der Waals surface area contributed by atoms with Gasteiger partial charge in [-0.3, -0.25) is 4.79 Å². The SMILES string of the molecule is O=C(c1ccc2nc(C3CC3)cn2n1)N1CCOCC1. The van der Waals surface area contributed by atoms with Gasteiger partial charge in [-0.1, -0.05) is 0 Å². The predicted molar refractivity (Wildman–Crippen MR) is 71.7 cm³/mol. The van der Waals surface area contributed by atoms with Crippen LogP contribution in [0.3, 0.4) is 0 Å². The molecule has 0 atom stereocenters. The summed E-state index contributed by atoms with van der Waals surface area (Å²) >= 11 is 0. The average molecular weight is 272 g/mol. The normalized spacial score (nSPS) is 19.5. The molecule has 0 unspecified atom stereocenters. The van der Waals surface area contributed by atoms with Crippen LogP contribution in [0.5, 0.6) is 0 Å². The standard InChI is InChI=1S/C14H16N4O2/c19-14(17-5-7-20-8-6-17)11-3-4-13-15-12(10-1-2-10)9-18(13)16-11/h3-4,9-10H,1-2,5-8H2. The second-order valence-corrected chi connectivity index (χ2v) is 5.37. The number of morpholine rings is 1. The molecule has 0 bridgehead atoms. The van der Waals surface area contributed by atoms with Crippen LogP contribution < -0.4 is 0 Å². The number of amides is 1. The molecule has 0 aromatic carbocycles. The second kappa shape index (κ2) is 4.56. The first kappa shape index (κ1) is 11.8. The van der Waals surface area contributed by atoms with Gasteiger partial charge in [0, 0.05) is 19.0 Å². The first-order chi connectivity index (χ1) is 9.81. The Hall–Kier alpha value is -1.95. The maximum Gasteiger partial charge on any atom is 0.274 e. The molecule has 1 saturated heterocycles. The Morgan fingerprint density at radius 3 is 2.80 bits per heavy atom. The molecule has 20 heavy (non-hydrogen) atoms. The van der Waals surface area contributed by atoms with Crippen molar-refractivity contribution in [1.82, 2.24) is 19.5 Å². The third-order valence-electron chi connectivity index (χ3n) is 3.85. The second-order valence-electron chi connectivity index (χ2n) is 5.37. The number of imidazole rings is 1. The smallest absolute Gasteiger partial charge is 0.274 e. The lowest BCUT2D eigenvalue weighted by Gasteiger charge is -2.26. The molecule has 104 valence electrons. The van der Waals surface area contributed by atoms with Crippen LogP contribution >= 0.6 is 0 Å². The summed E-state index contributed by atoms with van der Waals surface area (Å²) in [6.45, 7) is 2.47. The molecule has 6 nitrogen and oxygen atoms in total. The Kier molecular flexibility index (Phi) is 2.70. The number of ether oxygens (including phenoxy) is 1. The van der Waals surface area contributed by atoms with E-state index >= 15 is 0 Å². The Morgan fingerprint density at radius 1 is 1.25 bits per heavy atom. The van der Waals surface area contributed by atoms with Crippen LogP contribution in [0.1, 0.15) is 34.9 Å². The molecule has 0 radical (unpaired) electrons. The minimum absolute atomic E-state index is 0.0307. The minimum Gasteiger partial charge on any atom is -0.378 e. The van der Waals surface area contributed by atoms with Gasteiger partial charge in [0.2, 0.25) is 0 Å². The molecule has 4 rings (SSSR count). The maximum atomic E-state index is 12.4. The lowest BCUT2D eigenvalue weighted by molar-refractivity contribution is 0.0298. The zero-order valence-electron chi connectivity index (χ0n) is 11.2. The summed E-state index contributed by atoms with van der Waals surface area (Å²) in [5, 5.41) is 4.40. The van der Waals surface area contributed by atoms with Crippen LogP contribution in [0, 0.1) is 0 Å². The molecule has 1 saturated carbocycles. The van der Waals surface area contributed by atoms with Crippen LogP contribution in [0.15, 0.2) is 18.3 Å². The quantitative estimate of drug-likeness (QED) is 0.820. The van der Waals surface area contributed by atoms with E-state index < -0.39 is 0 Å². The molecule has 2 aromatic heterocycles. The highest BCUT2D eigenvalue weighted by molar-refractivity contribution is 5.92. The van der Waals surface area contributed by atoms with E-state index in [1.807, 2.05) is 12.3 Å². The highest BCUT2D eigenvalue weighted by Crippen LogP contribution is 2.39. The van der Waals surface area contributed by atoms with E-state index in [4.69, 9.17) is 4.74 Å². The molecule has 2 aromatic rings. The summed E-state index contributed by atoms with van der Waals surface area (Å²) in [6.07, 6.45) is 4.37. The minimum atomic E-state index is -0.0307. The average Bonchev–Trinajstić information content (AvgIpc) is 3.26. The Labute approximate surface area is 116 Å². The topological polar surface area (TPSA) is 59.7 Å². The van der Waals surface area contributed by atoms with Crippen molar-refractivity contribution < 1.29 is 9.53 Å². The van der Waals surface area contributed by atoms with Crippen molar-refractivity contribution in [2.24, 2.45) is 0 Å². The van der Waals surface area contributed by atoms with E-state index in [1.165, 1.54) is 12.8 Å². The van der Waals surface area contributed by atoms with Crippen LogP contribution in [-0.4, -0.2) is 51.7 Å². The van der Waals surface area contributed by atoms with Gasteiger partial charge in [-0.2, -0.15) is 5.10 Å². The number of fused-ring (bicyclic) bond motifs is 1. The third kappa shape index (κ3) is 2.06. The molecular formula is C14H16N4O2. The molecule has 2 fully saturated rings. The van der Waals surface area contributed by atoms with Crippen molar-refractivity contribution in [1.29, 1.82) is 0 Å². The largest absolute Gasteiger partial charge is 0.378 e. The lowest BCUT2D eigenvalue weighted by atomic mass is 10.3. The summed E-state index contributed by atoms with van der Waals surface area (Å²) in [4.78, 5) is 18.7. The summed E-state index contributed by atoms with van der Waals surface area (Å²) in [5.74, 6) is 0.562. The Balaban J connectivity index is 1.63. The Bertz CT molecular complexity index is 656. The number of rotatable bonds is 2. The Morgan fingerprint density at radius 2 is 2.05 bits per heavy atom. The van der Waals surface area contributed by atoms with E-state index in [1.54, 1.807) is 15.5 Å². The van der Waals surface area contributed by atoms with Crippen molar-refractivity contribution in [2.75, 3.05) is 26.3 Å². The molecule has 0 spiro atoms. The number of hydrogen-bond acceptors (Lipinski definition) is 4. The van der Waals surface area contributed by atoms with E-state index in [2.05, 4.69) is 10.1 Å². The fraction of sp³-hybridized carbons (Fsp3) is 0.500. The molecule has 1 amide bonds. The van der Waals surface area contributed by atoms with E-state index in [0.29, 0.717) is 37.9 Å². The monoisotopic (exact) mass is 272 g/mol. The zero-order valence-corrected chi connectivity index (χ0v) is 11.2. The number of carbonyl (C=O) groups is 1. The van der Waals surface area contributed by atoms with E-state index in [0.717, 1.165) is 11.3 Å². The van der Waals surface area contributed by atoms with Crippen molar-refractivity contribution in [3.8, 4) is 0 Å². The first-order valence-corrected chi connectivity index (χ1v) is 7.04. The summed E-state index contributed by atoms with van der Waals surface area (Å²) in [6, 6.07) is 3.63. The van der Waals surface area contributed by atoms with Crippen LogP contribution in [0.25, 0.3) is 5.65 Å². The maximum absolute atomic E-state index is 12.4. The van der Waals surface area contributed by atoms with Gasteiger partial charge < -0.3 is 9.64 Å². The van der Waals surface area contributed by atoms with Crippen molar-refractivity contribution >= 4 is 11.6 Å². The molecular weight excluding hydrogens is 256 g/mol. The van der Waals surface area contributed by atoms with Gasteiger partial charge in [0.05, 0.1) is 25.1 Å². The zero-order chi connectivity index (χ0) is 13.5. The lowest BCUT2D eigenvalue weighted by Crippen LogP contribution is -2.41. The first-order valence-electron chi connectivity index (χ1n) is 7.04. The van der Waals surface area contributed by atoms with Gasteiger partial charge >= 0.3 is 0 Å². The summed E-state index contributed by atoms with van der Waals surface area (Å²) in [7, 11) is 0.